The zero-order chi connectivity index (χ0) is 35.8. The summed E-state index contributed by atoms with van der Waals surface area (Å²) in [5.74, 6) is 3.06. The van der Waals surface area contributed by atoms with E-state index in [4.69, 9.17) is 37.9 Å². The maximum atomic E-state index is 10.3. The van der Waals surface area contributed by atoms with Gasteiger partial charge in [0.15, 0.2) is 0 Å². The zero-order valence-corrected chi connectivity index (χ0v) is 29.6. The minimum Gasteiger partial charge on any atom is -0.491 e. The fraction of sp³-hybridized carbons (Fsp3) is 0.429. The minimum atomic E-state index is -0.701. The Hall–Kier alpha value is -4.16. The Labute approximate surface area is 306 Å². The zero-order valence-electron chi connectivity index (χ0n) is 29.6. The second kappa shape index (κ2) is 20.2. The van der Waals surface area contributed by atoms with Crippen LogP contribution in [0, 0.1) is 0 Å². The summed E-state index contributed by atoms with van der Waals surface area (Å²) < 4.78 is 44.6. The van der Waals surface area contributed by atoms with E-state index in [9.17, 15) is 10.2 Å². The lowest BCUT2D eigenvalue weighted by molar-refractivity contribution is 0.00824. The molecule has 52 heavy (non-hydrogen) atoms. The number of ether oxygens (including phenoxy) is 8. The van der Waals surface area contributed by atoms with E-state index in [1.807, 2.05) is 97.1 Å². The SMILES string of the molecule is OC(COCCCCCCOCC(O)COc1ccc(-c2ccc(OCC3CO3)cc2)cc1)COc1ccc(-c2ccc(OCC3CO3)cc2)cc1. The summed E-state index contributed by atoms with van der Waals surface area (Å²) in [7, 11) is 0. The smallest absolute Gasteiger partial charge is 0.119 e. The van der Waals surface area contributed by atoms with Crippen LogP contribution >= 0.6 is 0 Å². The molecule has 10 heteroatoms. The topological polar surface area (TPSA) is 121 Å². The van der Waals surface area contributed by atoms with E-state index in [2.05, 4.69) is 0 Å². The van der Waals surface area contributed by atoms with Gasteiger partial charge in [-0.25, -0.2) is 0 Å². The van der Waals surface area contributed by atoms with Gasteiger partial charge >= 0.3 is 0 Å². The van der Waals surface area contributed by atoms with Crippen LogP contribution in [0.1, 0.15) is 25.7 Å². The first kappa shape index (κ1) is 37.6. The molecule has 0 radical (unpaired) electrons. The van der Waals surface area contributed by atoms with Crippen LogP contribution in [0.2, 0.25) is 0 Å². The van der Waals surface area contributed by atoms with Crippen molar-refractivity contribution < 1.29 is 48.1 Å². The van der Waals surface area contributed by atoms with Gasteiger partial charge in [0.2, 0.25) is 0 Å². The Balaban J connectivity index is 0.734. The Bertz CT molecular complexity index is 1450. The first-order valence-electron chi connectivity index (χ1n) is 18.2. The van der Waals surface area contributed by atoms with E-state index in [1.165, 1.54) is 0 Å². The number of aliphatic hydroxyl groups is 2. The third kappa shape index (κ3) is 13.4. The quantitative estimate of drug-likeness (QED) is 0.0594. The molecule has 10 nitrogen and oxygen atoms in total. The van der Waals surface area contributed by atoms with E-state index in [1.54, 1.807) is 0 Å². The Morgan fingerprint density at radius 3 is 1.06 bits per heavy atom. The predicted octanol–water partition coefficient (Wildman–Crippen LogP) is 6.35. The van der Waals surface area contributed by atoms with Crippen LogP contribution in [-0.2, 0) is 18.9 Å². The molecule has 278 valence electrons. The first-order valence-corrected chi connectivity index (χ1v) is 18.2. The third-order valence-electron chi connectivity index (χ3n) is 8.59. The van der Waals surface area contributed by atoms with Gasteiger partial charge in [-0.2, -0.15) is 0 Å². The molecule has 4 atom stereocenters. The van der Waals surface area contributed by atoms with Crippen LogP contribution in [0.5, 0.6) is 23.0 Å². The molecule has 0 amide bonds. The van der Waals surface area contributed by atoms with Gasteiger partial charge in [-0.3, -0.25) is 0 Å². The number of hydrogen-bond donors (Lipinski definition) is 2. The van der Waals surface area contributed by atoms with Crippen molar-refractivity contribution in [2.24, 2.45) is 0 Å². The van der Waals surface area contributed by atoms with Crippen molar-refractivity contribution in [2.75, 3.05) is 66.1 Å². The number of aliphatic hydroxyl groups excluding tert-OH is 2. The highest BCUT2D eigenvalue weighted by atomic mass is 16.6. The summed E-state index contributed by atoms with van der Waals surface area (Å²) in [4.78, 5) is 0. The molecule has 2 aliphatic heterocycles. The normalized spacial score (nSPS) is 17.3. The Morgan fingerprint density at radius 2 is 0.750 bits per heavy atom. The van der Waals surface area contributed by atoms with E-state index >= 15 is 0 Å². The average molecular weight is 715 g/mol. The van der Waals surface area contributed by atoms with Crippen molar-refractivity contribution in [2.45, 2.75) is 50.1 Å². The average Bonchev–Trinajstić information content (AvgIpc) is 4.13. The molecule has 6 rings (SSSR count). The van der Waals surface area contributed by atoms with E-state index in [0.717, 1.165) is 72.6 Å². The van der Waals surface area contributed by atoms with E-state index in [0.29, 0.717) is 37.9 Å². The molecule has 0 spiro atoms. The van der Waals surface area contributed by atoms with Gasteiger partial charge < -0.3 is 48.1 Å². The second-order valence-corrected chi connectivity index (χ2v) is 13.1. The fourth-order valence-electron chi connectivity index (χ4n) is 5.36. The van der Waals surface area contributed by atoms with Gasteiger partial charge in [-0.05, 0) is 83.6 Å². The molecule has 2 heterocycles. The summed E-state index contributed by atoms with van der Waals surface area (Å²) in [6.45, 7) is 4.71. The van der Waals surface area contributed by atoms with Crippen molar-refractivity contribution in [3.63, 3.8) is 0 Å². The Kier molecular flexibility index (Phi) is 14.6. The third-order valence-corrected chi connectivity index (χ3v) is 8.59. The molecule has 0 aromatic heterocycles. The van der Waals surface area contributed by atoms with Crippen molar-refractivity contribution in [3.8, 4) is 45.3 Å². The number of epoxide rings is 2. The van der Waals surface area contributed by atoms with Crippen molar-refractivity contribution >= 4 is 0 Å². The molecule has 2 saturated heterocycles. The molecule has 4 unspecified atom stereocenters. The van der Waals surface area contributed by atoms with Gasteiger partial charge in [-0.1, -0.05) is 61.4 Å². The number of unbranched alkanes of at least 4 members (excludes halogenated alkanes) is 3. The molecule has 4 aromatic carbocycles. The number of rotatable bonds is 25. The summed E-state index contributed by atoms with van der Waals surface area (Å²) in [6.07, 6.45) is 2.89. The van der Waals surface area contributed by atoms with Crippen LogP contribution in [-0.4, -0.2) is 101 Å². The van der Waals surface area contributed by atoms with E-state index in [-0.39, 0.29) is 38.6 Å². The summed E-state index contributed by atoms with van der Waals surface area (Å²) >= 11 is 0. The van der Waals surface area contributed by atoms with Crippen LogP contribution in [0.3, 0.4) is 0 Å². The fourth-order valence-corrected chi connectivity index (χ4v) is 5.36. The van der Waals surface area contributed by atoms with Crippen molar-refractivity contribution in [3.05, 3.63) is 97.1 Å². The van der Waals surface area contributed by atoms with Crippen LogP contribution in [0.25, 0.3) is 22.3 Å². The molecule has 0 aliphatic carbocycles. The molecule has 2 fully saturated rings. The standard InChI is InChI=1S/C42H50O10/c43-35(25-47-37-13-5-31(6-14-37)33-9-17-39(18-10-33)49-27-41-29-51-41)23-45-21-3-1-2-4-22-46-24-36(44)26-48-38-15-7-32(8-16-38)34-11-19-40(20-12-34)50-28-42-30-52-42/h5-20,35-36,41-44H,1-4,21-30H2. The maximum Gasteiger partial charge on any atom is 0.119 e. The van der Waals surface area contributed by atoms with Gasteiger partial charge in [0.05, 0.1) is 26.4 Å². The summed E-state index contributed by atoms with van der Waals surface area (Å²) in [6, 6.07) is 31.6. The largest absolute Gasteiger partial charge is 0.491 e. The molecular formula is C42H50O10. The minimum absolute atomic E-state index is 0.166. The molecule has 4 aromatic rings. The highest BCUT2D eigenvalue weighted by Crippen LogP contribution is 2.27. The van der Waals surface area contributed by atoms with Gasteiger partial charge in [0.1, 0.15) is 73.8 Å². The maximum absolute atomic E-state index is 10.3. The molecule has 2 aliphatic rings. The molecular weight excluding hydrogens is 664 g/mol. The highest BCUT2D eigenvalue weighted by molar-refractivity contribution is 5.65. The molecule has 2 N–H and O–H groups in total. The molecule has 0 bridgehead atoms. The van der Waals surface area contributed by atoms with Crippen molar-refractivity contribution in [1.82, 2.24) is 0 Å². The van der Waals surface area contributed by atoms with E-state index < -0.39 is 12.2 Å². The number of benzene rings is 4. The lowest BCUT2D eigenvalue weighted by atomic mass is 10.1. The lowest BCUT2D eigenvalue weighted by Crippen LogP contribution is -2.23. The lowest BCUT2D eigenvalue weighted by Gasteiger charge is -2.14. The van der Waals surface area contributed by atoms with Crippen molar-refractivity contribution in [1.29, 1.82) is 0 Å². The van der Waals surface area contributed by atoms with Crippen LogP contribution in [0.15, 0.2) is 97.1 Å². The monoisotopic (exact) mass is 714 g/mol. The van der Waals surface area contributed by atoms with Gasteiger partial charge in [0.25, 0.3) is 0 Å². The second-order valence-electron chi connectivity index (χ2n) is 13.1. The molecule has 0 saturated carbocycles. The Morgan fingerprint density at radius 1 is 0.442 bits per heavy atom. The summed E-state index contributed by atoms with van der Waals surface area (Å²) in [5, 5.41) is 20.5. The summed E-state index contributed by atoms with van der Waals surface area (Å²) in [5.41, 5.74) is 4.33. The number of hydrogen-bond acceptors (Lipinski definition) is 10. The van der Waals surface area contributed by atoms with Crippen LogP contribution in [0.4, 0.5) is 0 Å². The first-order chi connectivity index (χ1) is 25.6. The van der Waals surface area contributed by atoms with Gasteiger partial charge in [0, 0.05) is 13.2 Å². The predicted molar refractivity (Wildman–Crippen MR) is 197 cm³/mol. The highest BCUT2D eigenvalue weighted by Gasteiger charge is 2.23. The van der Waals surface area contributed by atoms with Gasteiger partial charge in [-0.15, -0.1) is 0 Å². The van der Waals surface area contributed by atoms with Crippen LogP contribution < -0.4 is 18.9 Å².